The van der Waals surface area contributed by atoms with Gasteiger partial charge in [-0.3, -0.25) is 4.98 Å². The number of hydrogen-bond acceptors (Lipinski definition) is 3. The van der Waals surface area contributed by atoms with Crippen LogP contribution in [0.15, 0.2) is 85.1 Å². The number of phenolic OH excluding ortho intramolecular Hbond substituents is 1. The van der Waals surface area contributed by atoms with Crippen molar-refractivity contribution in [2.24, 2.45) is 0 Å². The molecule has 1 saturated heterocycles. The maximum atomic E-state index is 10.7. The quantitative estimate of drug-likeness (QED) is 0.418. The number of para-hydroxylation sites is 3. The molecule has 3 heterocycles. The van der Waals surface area contributed by atoms with Gasteiger partial charge in [-0.05, 0) is 74.1 Å². The number of aromatic hydroxyl groups is 1. The molecule has 0 saturated carbocycles. The lowest BCUT2D eigenvalue weighted by atomic mass is 9.96. The van der Waals surface area contributed by atoms with Crippen LogP contribution >= 0.6 is 12.2 Å². The number of nitrogens with one attached hydrogen (secondary N) is 1. The number of aryl methyl sites for hydroxylation is 1. The molecule has 0 radical (unpaired) electrons. The Bertz CT molecular complexity index is 1270. The van der Waals surface area contributed by atoms with E-state index in [4.69, 9.17) is 12.2 Å². The van der Waals surface area contributed by atoms with E-state index in [9.17, 15) is 5.11 Å². The third-order valence-corrected chi connectivity index (χ3v) is 6.36. The Morgan fingerprint density at radius 2 is 1.66 bits per heavy atom. The smallest absolute Gasteiger partial charge is 0.174 e. The largest absolute Gasteiger partial charge is 0.506 e. The molecule has 4 aromatic rings. The van der Waals surface area contributed by atoms with Crippen molar-refractivity contribution in [3.8, 4) is 11.4 Å². The van der Waals surface area contributed by atoms with E-state index in [0.29, 0.717) is 10.8 Å². The molecule has 1 aliphatic heterocycles. The molecule has 160 valence electrons. The number of thiocarbonyl (C=S) groups is 1. The molecule has 32 heavy (non-hydrogen) atoms. The molecule has 1 fully saturated rings. The summed E-state index contributed by atoms with van der Waals surface area (Å²) in [5.41, 5.74) is 6.11. The van der Waals surface area contributed by atoms with Gasteiger partial charge < -0.3 is 19.9 Å². The molecule has 0 bridgehead atoms. The Morgan fingerprint density at radius 1 is 0.938 bits per heavy atom. The van der Waals surface area contributed by atoms with Gasteiger partial charge in [-0.15, -0.1) is 0 Å². The normalized spacial score (nSPS) is 18.1. The van der Waals surface area contributed by atoms with E-state index in [1.54, 1.807) is 12.3 Å². The Hall–Kier alpha value is -3.64. The Labute approximate surface area is 193 Å². The average molecular weight is 441 g/mol. The van der Waals surface area contributed by atoms with Crippen molar-refractivity contribution in [3.63, 3.8) is 0 Å². The molecule has 0 aliphatic carbocycles. The van der Waals surface area contributed by atoms with E-state index in [2.05, 4.69) is 46.9 Å². The summed E-state index contributed by atoms with van der Waals surface area (Å²) in [4.78, 5) is 6.64. The Balaban J connectivity index is 1.70. The van der Waals surface area contributed by atoms with Crippen molar-refractivity contribution in [2.75, 3.05) is 4.90 Å². The van der Waals surface area contributed by atoms with Crippen LogP contribution in [0.4, 0.5) is 5.69 Å². The standard InChI is InChI=1S/C26H24N4OS/c1-17-16-20(18(2)29(17)19-10-4-3-5-11-19)25-24(21-12-8-9-15-27-21)28-26(32)30(25)22-13-6-7-14-23(22)31/h3-16,24-25,31H,1-2H3,(H,28,32)/t24-,25-/m1/s1. The van der Waals surface area contributed by atoms with Crippen LogP contribution in [0.1, 0.15) is 34.7 Å². The highest BCUT2D eigenvalue weighted by molar-refractivity contribution is 7.80. The summed E-state index contributed by atoms with van der Waals surface area (Å²) in [5.74, 6) is 0.195. The molecule has 5 nitrogen and oxygen atoms in total. The maximum Gasteiger partial charge on any atom is 0.174 e. The van der Waals surface area contributed by atoms with Crippen molar-refractivity contribution in [1.82, 2.24) is 14.9 Å². The fraction of sp³-hybridized carbons (Fsp3) is 0.154. The van der Waals surface area contributed by atoms with Crippen LogP contribution in [0.25, 0.3) is 5.69 Å². The lowest BCUT2D eigenvalue weighted by molar-refractivity contribution is 0.472. The van der Waals surface area contributed by atoms with Crippen molar-refractivity contribution in [2.45, 2.75) is 25.9 Å². The number of anilines is 1. The van der Waals surface area contributed by atoms with E-state index in [0.717, 1.165) is 28.3 Å². The fourth-order valence-electron chi connectivity index (χ4n) is 4.66. The van der Waals surface area contributed by atoms with Crippen LogP contribution in [0.3, 0.4) is 0 Å². The van der Waals surface area contributed by atoms with Gasteiger partial charge in [-0.25, -0.2) is 0 Å². The first kappa shape index (κ1) is 20.3. The summed E-state index contributed by atoms with van der Waals surface area (Å²) in [6.07, 6.45) is 1.80. The second-order valence-corrected chi connectivity index (χ2v) is 8.37. The molecule has 1 aliphatic rings. The fourth-order valence-corrected chi connectivity index (χ4v) is 5.00. The average Bonchev–Trinajstić information content (AvgIpc) is 3.30. The van der Waals surface area contributed by atoms with Crippen LogP contribution in [-0.4, -0.2) is 19.8 Å². The summed E-state index contributed by atoms with van der Waals surface area (Å²) < 4.78 is 2.26. The first-order valence-corrected chi connectivity index (χ1v) is 11.0. The van der Waals surface area contributed by atoms with Crippen LogP contribution in [0.2, 0.25) is 0 Å². The van der Waals surface area contributed by atoms with E-state index in [-0.39, 0.29) is 17.8 Å². The SMILES string of the molecule is Cc1cc([C@@H]2[C@@H](c3ccccn3)NC(=S)N2c2ccccc2O)c(C)n1-c1ccccc1. The van der Waals surface area contributed by atoms with E-state index in [1.165, 1.54) is 0 Å². The third kappa shape index (κ3) is 3.33. The van der Waals surface area contributed by atoms with Gasteiger partial charge in [0.15, 0.2) is 5.11 Å². The number of nitrogens with zero attached hydrogens (tertiary/aromatic N) is 3. The molecule has 5 rings (SSSR count). The van der Waals surface area contributed by atoms with Gasteiger partial charge >= 0.3 is 0 Å². The lowest BCUT2D eigenvalue weighted by Crippen LogP contribution is -2.29. The predicted octanol–water partition coefficient (Wildman–Crippen LogP) is 5.37. The van der Waals surface area contributed by atoms with Crippen LogP contribution in [-0.2, 0) is 0 Å². The van der Waals surface area contributed by atoms with E-state index >= 15 is 0 Å². The van der Waals surface area contributed by atoms with E-state index < -0.39 is 0 Å². The minimum Gasteiger partial charge on any atom is -0.506 e. The van der Waals surface area contributed by atoms with E-state index in [1.807, 2.05) is 59.5 Å². The van der Waals surface area contributed by atoms with Crippen molar-refractivity contribution in [3.05, 3.63) is 108 Å². The minimum atomic E-state index is -0.172. The summed E-state index contributed by atoms with van der Waals surface area (Å²) in [6, 6.07) is 25.4. The molecule has 6 heteroatoms. The predicted molar refractivity (Wildman–Crippen MR) is 131 cm³/mol. The molecular weight excluding hydrogens is 416 g/mol. The minimum absolute atomic E-state index is 0.159. The summed E-state index contributed by atoms with van der Waals surface area (Å²) in [7, 11) is 0. The number of aromatic nitrogens is 2. The van der Waals surface area contributed by atoms with Crippen LogP contribution in [0.5, 0.6) is 5.75 Å². The second-order valence-electron chi connectivity index (χ2n) is 7.98. The molecule has 2 atom stereocenters. The van der Waals surface area contributed by atoms with Crippen molar-refractivity contribution >= 4 is 23.0 Å². The summed E-state index contributed by atoms with van der Waals surface area (Å²) in [5, 5.41) is 14.7. The van der Waals surface area contributed by atoms with Crippen LogP contribution < -0.4 is 10.2 Å². The molecule has 2 N–H and O–H groups in total. The first-order valence-electron chi connectivity index (χ1n) is 10.6. The van der Waals surface area contributed by atoms with Crippen LogP contribution in [0, 0.1) is 13.8 Å². The monoisotopic (exact) mass is 440 g/mol. The first-order chi connectivity index (χ1) is 15.6. The molecule has 0 spiro atoms. The number of phenols is 1. The molecule has 0 amide bonds. The number of rotatable bonds is 4. The molecular formula is C26H24N4OS. The maximum absolute atomic E-state index is 10.7. The van der Waals surface area contributed by atoms with Crippen molar-refractivity contribution < 1.29 is 5.11 Å². The van der Waals surface area contributed by atoms with Gasteiger partial charge in [-0.2, -0.15) is 0 Å². The summed E-state index contributed by atoms with van der Waals surface area (Å²) >= 11 is 5.78. The van der Waals surface area contributed by atoms with Gasteiger partial charge in [0.25, 0.3) is 0 Å². The highest BCUT2D eigenvalue weighted by Gasteiger charge is 2.43. The zero-order valence-corrected chi connectivity index (χ0v) is 18.8. The Kier molecular flexibility index (Phi) is 5.15. The molecule has 2 aromatic carbocycles. The molecule has 0 unspecified atom stereocenters. The highest BCUT2D eigenvalue weighted by atomic mass is 32.1. The number of benzene rings is 2. The topological polar surface area (TPSA) is 53.3 Å². The van der Waals surface area contributed by atoms with Gasteiger partial charge in [0.1, 0.15) is 5.75 Å². The third-order valence-electron chi connectivity index (χ3n) is 6.04. The van der Waals surface area contributed by atoms with Gasteiger partial charge in [0.05, 0.1) is 23.5 Å². The molecule has 2 aromatic heterocycles. The highest BCUT2D eigenvalue weighted by Crippen LogP contribution is 2.45. The van der Waals surface area contributed by atoms with Gasteiger partial charge in [0, 0.05) is 23.3 Å². The number of pyridine rings is 1. The zero-order chi connectivity index (χ0) is 22.2. The summed E-state index contributed by atoms with van der Waals surface area (Å²) in [6.45, 7) is 4.25. The second kappa shape index (κ2) is 8.13. The number of hydrogen-bond donors (Lipinski definition) is 2. The lowest BCUT2D eigenvalue weighted by Gasteiger charge is -2.28. The van der Waals surface area contributed by atoms with Crippen molar-refractivity contribution in [1.29, 1.82) is 0 Å². The Morgan fingerprint density at radius 3 is 2.38 bits per heavy atom. The van der Waals surface area contributed by atoms with Gasteiger partial charge in [0.2, 0.25) is 0 Å². The zero-order valence-electron chi connectivity index (χ0n) is 17.9. The van der Waals surface area contributed by atoms with Gasteiger partial charge in [-0.1, -0.05) is 36.4 Å².